The van der Waals surface area contributed by atoms with E-state index in [-0.39, 0.29) is 11.7 Å². The fraction of sp³-hybridized carbons (Fsp3) is 0.706. The minimum absolute atomic E-state index is 0.212. The van der Waals surface area contributed by atoms with E-state index >= 15 is 0 Å². The summed E-state index contributed by atoms with van der Waals surface area (Å²) in [6.45, 7) is 1.27. The summed E-state index contributed by atoms with van der Waals surface area (Å²) in [6.07, 6.45) is -0.125. The number of hydrogen-bond acceptors (Lipinski definition) is 9. The highest BCUT2D eigenvalue weighted by Crippen LogP contribution is 2.48. The molecule has 1 saturated heterocycles. The van der Waals surface area contributed by atoms with E-state index in [2.05, 4.69) is 15.0 Å². The first-order valence-corrected chi connectivity index (χ1v) is 9.19. The summed E-state index contributed by atoms with van der Waals surface area (Å²) in [5, 5.41) is 41.0. The molecule has 4 atom stereocenters. The highest BCUT2D eigenvalue weighted by molar-refractivity contribution is 5.81. The summed E-state index contributed by atoms with van der Waals surface area (Å²) in [6, 6.07) is 0. The van der Waals surface area contributed by atoms with E-state index in [1.54, 1.807) is 11.5 Å². The van der Waals surface area contributed by atoms with Crippen molar-refractivity contribution in [3.63, 3.8) is 0 Å². The predicted molar refractivity (Wildman–Crippen MR) is 94.4 cm³/mol. The molecule has 2 aliphatic rings. The van der Waals surface area contributed by atoms with Crippen LogP contribution in [-0.2, 0) is 10.5 Å². The molecule has 0 unspecified atom stereocenters. The second-order valence-corrected chi connectivity index (χ2v) is 7.47. The van der Waals surface area contributed by atoms with Gasteiger partial charge in [0, 0.05) is 5.92 Å². The number of aliphatic hydroxyl groups excluding tert-OH is 4. The van der Waals surface area contributed by atoms with Crippen LogP contribution in [-0.4, -0.2) is 71.0 Å². The normalized spacial score (nSPS) is 37.1. The number of fused-ring (bicyclic) bond motifs is 1. The maximum atomic E-state index is 11.0. The van der Waals surface area contributed by atoms with Gasteiger partial charge < -0.3 is 30.9 Å². The van der Waals surface area contributed by atoms with Gasteiger partial charge in [-0.2, -0.15) is 0 Å². The van der Waals surface area contributed by atoms with Gasteiger partial charge in [-0.15, -0.1) is 0 Å². The summed E-state index contributed by atoms with van der Waals surface area (Å²) in [5.74, 6) is 0.455. The molecule has 4 rings (SSSR count). The van der Waals surface area contributed by atoms with Gasteiger partial charge in [-0.05, 0) is 32.6 Å². The van der Waals surface area contributed by atoms with Gasteiger partial charge in [0.2, 0.25) is 0 Å². The van der Waals surface area contributed by atoms with E-state index in [9.17, 15) is 20.4 Å². The molecule has 148 valence electrons. The lowest BCUT2D eigenvalue weighted by Gasteiger charge is -2.43. The maximum absolute atomic E-state index is 11.0. The number of anilines is 1. The Bertz CT molecular complexity index is 836. The molecule has 0 radical (unpaired) electrons. The van der Waals surface area contributed by atoms with Crippen molar-refractivity contribution in [2.75, 3.05) is 12.3 Å². The van der Waals surface area contributed by atoms with Crippen LogP contribution in [0.2, 0.25) is 0 Å². The SMILES string of the molecule is Cc1nc(N)c2ncn([C@]3([C@H]4CC[C@H](O)CC4)O[C@H](CO)[C@@H](O)[C@H]3O)c2n1. The second kappa shape index (κ2) is 6.64. The Morgan fingerprint density at radius 2 is 1.93 bits per heavy atom. The minimum atomic E-state index is -1.37. The third-order valence-corrected chi connectivity index (χ3v) is 5.84. The van der Waals surface area contributed by atoms with Gasteiger partial charge in [0.25, 0.3) is 0 Å². The first kappa shape index (κ1) is 18.5. The minimum Gasteiger partial charge on any atom is -0.394 e. The molecule has 1 saturated carbocycles. The van der Waals surface area contributed by atoms with E-state index < -0.39 is 36.7 Å². The van der Waals surface area contributed by atoms with Crippen molar-refractivity contribution in [3.8, 4) is 0 Å². The Morgan fingerprint density at radius 1 is 1.22 bits per heavy atom. The first-order chi connectivity index (χ1) is 12.9. The molecule has 6 N–H and O–H groups in total. The van der Waals surface area contributed by atoms with E-state index in [0.717, 1.165) is 0 Å². The summed E-state index contributed by atoms with van der Waals surface area (Å²) in [7, 11) is 0. The lowest BCUT2D eigenvalue weighted by molar-refractivity contribution is -0.191. The van der Waals surface area contributed by atoms with Crippen LogP contribution in [0.5, 0.6) is 0 Å². The van der Waals surface area contributed by atoms with Gasteiger partial charge >= 0.3 is 0 Å². The number of ether oxygens (including phenoxy) is 1. The standard InChI is InChI=1S/C17H25N5O5/c1-8-20-15(18)12-16(21-8)22(7-19-12)17(9-2-4-10(24)5-3-9)14(26)13(25)11(6-23)27-17/h7,9-11,13-14,23-26H,2-6H2,1H3,(H2,18,20,21)/t9-,10-,11-,13-,14-,17-/m1/s1. The van der Waals surface area contributed by atoms with Gasteiger partial charge in [-0.3, -0.25) is 4.57 Å². The van der Waals surface area contributed by atoms with E-state index in [1.165, 1.54) is 6.33 Å². The van der Waals surface area contributed by atoms with Gasteiger partial charge in [0.05, 0.1) is 19.0 Å². The Labute approximate surface area is 155 Å². The Hall–Kier alpha value is -1.85. The van der Waals surface area contributed by atoms with Crippen LogP contribution in [0.15, 0.2) is 6.33 Å². The molecule has 0 spiro atoms. The topological polar surface area (TPSA) is 160 Å². The summed E-state index contributed by atoms with van der Waals surface area (Å²) >= 11 is 0. The average Bonchev–Trinajstić information content (AvgIpc) is 3.17. The number of rotatable bonds is 3. The van der Waals surface area contributed by atoms with Crippen molar-refractivity contribution in [2.24, 2.45) is 5.92 Å². The molecule has 2 aromatic heterocycles. The number of aromatic nitrogens is 4. The number of aryl methyl sites for hydroxylation is 1. The van der Waals surface area contributed by atoms with Gasteiger partial charge in [-0.1, -0.05) is 0 Å². The molecular weight excluding hydrogens is 354 g/mol. The zero-order chi connectivity index (χ0) is 19.3. The summed E-state index contributed by atoms with van der Waals surface area (Å²) in [4.78, 5) is 12.8. The van der Waals surface area contributed by atoms with Crippen LogP contribution in [0.3, 0.4) is 0 Å². The largest absolute Gasteiger partial charge is 0.394 e. The van der Waals surface area contributed by atoms with Crippen LogP contribution < -0.4 is 5.73 Å². The van der Waals surface area contributed by atoms with E-state index in [1.807, 2.05) is 0 Å². The zero-order valence-electron chi connectivity index (χ0n) is 15.1. The van der Waals surface area contributed by atoms with Crippen LogP contribution in [0, 0.1) is 12.8 Å². The predicted octanol–water partition coefficient (Wildman–Crippen LogP) is -0.966. The number of aliphatic hydroxyl groups is 4. The highest BCUT2D eigenvalue weighted by atomic mass is 16.6. The number of nitrogens with zero attached hydrogens (tertiary/aromatic N) is 4. The molecule has 3 heterocycles. The van der Waals surface area contributed by atoms with Crippen molar-refractivity contribution in [2.45, 2.75) is 62.7 Å². The summed E-state index contributed by atoms with van der Waals surface area (Å²) in [5.41, 5.74) is 5.39. The van der Waals surface area contributed by atoms with Crippen LogP contribution in [0.25, 0.3) is 11.2 Å². The van der Waals surface area contributed by atoms with Gasteiger partial charge in [-0.25, -0.2) is 15.0 Å². The lowest BCUT2D eigenvalue weighted by Crippen LogP contribution is -2.52. The fourth-order valence-corrected chi connectivity index (χ4v) is 4.49. The van der Waals surface area contributed by atoms with Gasteiger partial charge in [0.15, 0.2) is 17.2 Å². The van der Waals surface area contributed by atoms with Crippen molar-refractivity contribution >= 4 is 17.0 Å². The van der Waals surface area contributed by atoms with E-state index in [4.69, 9.17) is 10.5 Å². The number of nitrogens with two attached hydrogens (primary N) is 1. The molecule has 2 fully saturated rings. The van der Waals surface area contributed by atoms with E-state index in [0.29, 0.717) is 42.7 Å². The maximum Gasteiger partial charge on any atom is 0.179 e. The molecule has 1 aliphatic carbocycles. The van der Waals surface area contributed by atoms with Crippen LogP contribution in [0.4, 0.5) is 5.82 Å². The third kappa shape index (κ3) is 2.71. The first-order valence-electron chi connectivity index (χ1n) is 9.19. The molecule has 27 heavy (non-hydrogen) atoms. The smallest absolute Gasteiger partial charge is 0.179 e. The Morgan fingerprint density at radius 3 is 2.56 bits per heavy atom. The molecule has 0 aromatic carbocycles. The average molecular weight is 379 g/mol. The molecule has 0 amide bonds. The molecule has 10 nitrogen and oxygen atoms in total. The van der Waals surface area contributed by atoms with Crippen molar-refractivity contribution in [1.29, 1.82) is 0 Å². The number of nitrogen functional groups attached to an aromatic ring is 1. The highest BCUT2D eigenvalue weighted by Gasteiger charge is 2.60. The fourth-order valence-electron chi connectivity index (χ4n) is 4.49. The Balaban J connectivity index is 1.89. The molecule has 10 heteroatoms. The van der Waals surface area contributed by atoms with Crippen molar-refractivity contribution < 1.29 is 25.2 Å². The Kier molecular flexibility index (Phi) is 4.55. The molecule has 1 aliphatic heterocycles. The lowest BCUT2D eigenvalue weighted by atomic mass is 9.77. The van der Waals surface area contributed by atoms with Crippen molar-refractivity contribution in [3.05, 3.63) is 12.2 Å². The molecular formula is C17H25N5O5. The second-order valence-electron chi connectivity index (χ2n) is 7.47. The van der Waals surface area contributed by atoms with Crippen molar-refractivity contribution in [1.82, 2.24) is 19.5 Å². The third-order valence-electron chi connectivity index (χ3n) is 5.84. The quantitative estimate of drug-likeness (QED) is 0.452. The summed E-state index contributed by atoms with van der Waals surface area (Å²) < 4.78 is 7.73. The molecule has 2 aromatic rings. The van der Waals surface area contributed by atoms with Crippen LogP contribution >= 0.6 is 0 Å². The monoisotopic (exact) mass is 379 g/mol. The van der Waals surface area contributed by atoms with Crippen LogP contribution in [0.1, 0.15) is 31.5 Å². The zero-order valence-corrected chi connectivity index (χ0v) is 15.1. The number of imidazole rings is 1. The number of hydrogen-bond donors (Lipinski definition) is 5. The molecule has 0 bridgehead atoms. The van der Waals surface area contributed by atoms with Gasteiger partial charge in [0.1, 0.15) is 29.7 Å².